The lowest BCUT2D eigenvalue weighted by atomic mass is 10.0. The molecule has 8 aromatic rings. The molecule has 5 N–H and O–H groups in total. The van der Waals surface area contributed by atoms with E-state index in [1.54, 1.807) is 60.7 Å². The number of nitrogens with zero attached hydrogens (tertiary/aromatic N) is 3. The molecule has 2 aliphatic heterocycles. The molecule has 4 aromatic carbocycles. The van der Waals surface area contributed by atoms with E-state index in [-0.39, 0.29) is 29.4 Å². The molecule has 300 valence electrons. The summed E-state index contributed by atoms with van der Waals surface area (Å²) in [5.41, 5.74) is 11.9. The maximum Gasteiger partial charge on any atom is 0.331 e. The topological polar surface area (TPSA) is 166 Å². The summed E-state index contributed by atoms with van der Waals surface area (Å²) in [6, 6.07) is 40.8. The fraction of sp³-hybridized carbons (Fsp3) is 0.0196. The van der Waals surface area contributed by atoms with Gasteiger partial charge in [-0.25, -0.2) is 14.8 Å². The number of esters is 1. The molecule has 0 amide bonds. The van der Waals surface area contributed by atoms with Crippen LogP contribution in [0, 0.1) is 0 Å². The highest BCUT2D eigenvalue weighted by molar-refractivity contribution is 6.00. The van der Waals surface area contributed by atoms with E-state index in [0.717, 1.165) is 66.6 Å². The molecule has 0 unspecified atom stereocenters. The Kier molecular flexibility index (Phi) is 9.38. The molecule has 10 rings (SSSR count). The number of aromatic nitrogens is 5. The number of rotatable bonds is 7. The van der Waals surface area contributed by atoms with E-state index in [9.17, 15) is 24.9 Å². The van der Waals surface area contributed by atoms with E-state index < -0.39 is 5.97 Å². The number of pyridine rings is 1. The van der Waals surface area contributed by atoms with Crippen molar-refractivity contribution in [2.45, 2.75) is 6.54 Å². The van der Waals surface area contributed by atoms with E-state index in [0.29, 0.717) is 28.5 Å². The second kappa shape index (κ2) is 15.5. The fourth-order valence-electron chi connectivity index (χ4n) is 7.89. The summed E-state index contributed by atoms with van der Waals surface area (Å²) >= 11 is 0. The summed E-state index contributed by atoms with van der Waals surface area (Å²) in [7, 11) is 0. The second-order valence-electron chi connectivity index (χ2n) is 14.8. The van der Waals surface area contributed by atoms with E-state index in [2.05, 4.69) is 9.97 Å². The minimum absolute atomic E-state index is 0.136. The highest BCUT2D eigenvalue weighted by Gasteiger charge is 2.19. The van der Waals surface area contributed by atoms with Crippen molar-refractivity contribution in [2.75, 3.05) is 0 Å². The molecule has 62 heavy (non-hydrogen) atoms. The lowest BCUT2D eigenvalue weighted by molar-refractivity contribution is -0.135. The molecular weight excluding hydrogens is 779 g/mol. The normalized spacial score (nSPS) is 11.8. The number of phenols is 3. The number of hydrogen-bond donors (Lipinski definition) is 5. The lowest BCUT2D eigenvalue weighted by Gasteiger charge is -2.09. The van der Waals surface area contributed by atoms with Crippen LogP contribution < -0.4 is 10.3 Å². The van der Waals surface area contributed by atoms with Gasteiger partial charge in [0.05, 0.1) is 22.8 Å². The van der Waals surface area contributed by atoms with Crippen molar-refractivity contribution >= 4 is 52.3 Å². The standard InChI is InChI=1S/C51H35N5O6/c57-34-12-4-30(5-13-34)48-38-20-22-40(52-38)49(31-6-14-35(58)15-7-31)42-24-26-44(54-42)51(33-10-18-37(19-11-33)62-47(61)29-56-28-2-1-3-46(56)60)45-27-25-43(55-45)50(41-23-21-39(48)53-41)32-8-16-36(59)17-9-32/h1-28,52,55,57-59H,29H2. The minimum atomic E-state index is -0.584. The molecule has 4 aromatic heterocycles. The molecule has 0 aliphatic carbocycles. The number of carbonyl (C=O) groups excluding carboxylic acids is 1. The van der Waals surface area contributed by atoms with Crippen LogP contribution in [0.25, 0.3) is 90.9 Å². The summed E-state index contributed by atoms with van der Waals surface area (Å²) in [6.45, 7) is -0.234. The summed E-state index contributed by atoms with van der Waals surface area (Å²) in [4.78, 5) is 42.9. The van der Waals surface area contributed by atoms with Crippen LogP contribution in [-0.4, -0.2) is 45.8 Å². The Balaban J connectivity index is 1.24. The Morgan fingerprint density at radius 3 is 1.19 bits per heavy atom. The van der Waals surface area contributed by atoms with Crippen molar-refractivity contribution < 1.29 is 24.9 Å². The Morgan fingerprint density at radius 2 is 0.839 bits per heavy atom. The van der Waals surface area contributed by atoms with Gasteiger partial charge in [-0.05, 0) is 125 Å². The largest absolute Gasteiger partial charge is 0.508 e. The van der Waals surface area contributed by atoms with Crippen LogP contribution in [0.4, 0.5) is 0 Å². The van der Waals surface area contributed by atoms with Gasteiger partial charge >= 0.3 is 5.97 Å². The van der Waals surface area contributed by atoms with Gasteiger partial charge in [0.2, 0.25) is 0 Å². The van der Waals surface area contributed by atoms with Crippen LogP contribution in [0.5, 0.6) is 23.0 Å². The molecule has 0 spiro atoms. The third-order valence-electron chi connectivity index (χ3n) is 10.8. The molecule has 0 saturated carbocycles. The summed E-state index contributed by atoms with van der Waals surface area (Å²) in [6.07, 6.45) is 9.40. The van der Waals surface area contributed by atoms with Crippen molar-refractivity contribution in [3.8, 4) is 67.5 Å². The Bertz CT molecular complexity index is 3300. The molecule has 0 saturated heterocycles. The Morgan fingerprint density at radius 1 is 0.484 bits per heavy atom. The first-order chi connectivity index (χ1) is 30.2. The maximum absolute atomic E-state index is 12.9. The van der Waals surface area contributed by atoms with Crippen LogP contribution in [0.1, 0.15) is 22.8 Å². The fourth-order valence-corrected chi connectivity index (χ4v) is 7.89. The van der Waals surface area contributed by atoms with E-state index >= 15 is 0 Å². The minimum Gasteiger partial charge on any atom is -0.508 e. The maximum atomic E-state index is 12.9. The predicted octanol–water partition coefficient (Wildman–Crippen LogP) is 10.2. The van der Waals surface area contributed by atoms with Gasteiger partial charge in [0.15, 0.2) is 0 Å². The number of H-pyrrole nitrogens is 2. The molecular formula is C51H35N5O6. The summed E-state index contributed by atoms with van der Waals surface area (Å²) < 4.78 is 6.93. The zero-order valence-electron chi connectivity index (χ0n) is 32.8. The number of phenolic OH excluding ortho intramolecular Hbond substituents is 3. The monoisotopic (exact) mass is 813 g/mol. The van der Waals surface area contributed by atoms with Crippen LogP contribution in [0.15, 0.2) is 151 Å². The zero-order chi connectivity index (χ0) is 42.3. The molecule has 0 fully saturated rings. The van der Waals surface area contributed by atoms with Gasteiger partial charge in [-0.2, -0.15) is 0 Å². The van der Waals surface area contributed by atoms with E-state index in [4.69, 9.17) is 14.7 Å². The smallest absolute Gasteiger partial charge is 0.331 e. The van der Waals surface area contributed by atoms with Crippen molar-refractivity contribution in [1.82, 2.24) is 24.5 Å². The highest BCUT2D eigenvalue weighted by atomic mass is 16.5. The number of ether oxygens (including phenoxy) is 1. The predicted molar refractivity (Wildman–Crippen MR) is 242 cm³/mol. The first-order valence-electron chi connectivity index (χ1n) is 19.8. The lowest BCUT2D eigenvalue weighted by Crippen LogP contribution is -2.25. The first kappa shape index (κ1) is 37.6. The molecule has 2 aliphatic rings. The number of benzene rings is 4. The van der Waals surface area contributed by atoms with E-state index in [1.807, 2.05) is 97.1 Å². The van der Waals surface area contributed by atoms with Crippen LogP contribution in [0.2, 0.25) is 0 Å². The number of nitrogens with one attached hydrogen (secondary N) is 2. The van der Waals surface area contributed by atoms with Crippen molar-refractivity contribution in [1.29, 1.82) is 0 Å². The van der Waals surface area contributed by atoms with Gasteiger partial charge in [0, 0.05) is 56.6 Å². The van der Waals surface area contributed by atoms with Crippen molar-refractivity contribution in [2.24, 2.45) is 0 Å². The SMILES string of the molecule is O=C(Cn1ccccc1=O)Oc1ccc(-c2c3nc(c(-c4ccc(O)cc4)c4ccc([nH]4)c(-c4ccc(O)cc4)c4nc(c(-c5ccc(O)cc5)c5ccc2[nH]5)C=C4)C=C3)cc1. The van der Waals surface area contributed by atoms with Gasteiger partial charge in [-0.3, -0.25) is 4.79 Å². The zero-order valence-corrected chi connectivity index (χ0v) is 32.8. The molecule has 6 heterocycles. The Labute approximate surface area is 353 Å². The number of aromatic hydroxyl groups is 3. The van der Waals surface area contributed by atoms with Gasteiger partial charge in [0.1, 0.15) is 29.5 Å². The number of hydrogen-bond acceptors (Lipinski definition) is 8. The number of aromatic amines is 2. The van der Waals surface area contributed by atoms with Crippen LogP contribution >= 0.6 is 0 Å². The van der Waals surface area contributed by atoms with E-state index in [1.165, 1.54) is 16.8 Å². The molecule has 0 radical (unpaired) electrons. The molecule has 8 bridgehead atoms. The number of carbonyl (C=O) groups is 1. The van der Waals surface area contributed by atoms with Gasteiger partial charge < -0.3 is 34.6 Å². The summed E-state index contributed by atoms with van der Waals surface area (Å²) in [5, 5.41) is 30.8. The van der Waals surface area contributed by atoms with Crippen LogP contribution in [-0.2, 0) is 11.3 Å². The third-order valence-corrected chi connectivity index (χ3v) is 10.8. The average Bonchev–Trinajstić information content (AvgIpc) is 4.12. The quantitative estimate of drug-likeness (QED) is 0.0783. The van der Waals surface area contributed by atoms with Crippen LogP contribution in [0.3, 0.4) is 0 Å². The Hall–Kier alpha value is -8.70. The molecule has 0 atom stereocenters. The van der Waals surface area contributed by atoms with Gasteiger partial charge in [0.25, 0.3) is 5.56 Å². The van der Waals surface area contributed by atoms with Crippen molar-refractivity contribution in [3.63, 3.8) is 0 Å². The molecule has 11 nitrogen and oxygen atoms in total. The average molecular weight is 814 g/mol. The highest BCUT2D eigenvalue weighted by Crippen LogP contribution is 2.39. The molecule has 11 heteroatoms. The van der Waals surface area contributed by atoms with Crippen molar-refractivity contribution in [3.05, 3.63) is 179 Å². The second-order valence-corrected chi connectivity index (χ2v) is 14.8. The summed E-state index contributed by atoms with van der Waals surface area (Å²) in [5.74, 6) is 0.146. The van der Waals surface area contributed by atoms with Gasteiger partial charge in [-0.15, -0.1) is 0 Å². The van der Waals surface area contributed by atoms with Gasteiger partial charge in [-0.1, -0.05) is 54.6 Å². The number of fused-ring (bicyclic) bond motifs is 8. The third kappa shape index (κ3) is 7.20. The first-order valence-corrected chi connectivity index (χ1v) is 19.8.